The quantitative estimate of drug-likeness (QED) is 0.229. The van der Waals surface area contributed by atoms with Gasteiger partial charge in [-0.05, 0) is 18.6 Å². The van der Waals surface area contributed by atoms with Gasteiger partial charge in [0.25, 0.3) is 0 Å². The third-order valence-corrected chi connectivity index (χ3v) is 5.39. The maximum Gasteiger partial charge on any atom is 0.123 e. The van der Waals surface area contributed by atoms with Gasteiger partial charge in [-0.15, -0.1) is 13.2 Å². The van der Waals surface area contributed by atoms with Crippen molar-refractivity contribution >= 4 is 0 Å². The second-order valence-corrected chi connectivity index (χ2v) is 8.34. The number of para-hydroxylation sites is 1. The molecular weight excluding hydrogens is 444 g/mol. The molecule has 2 aromatic carbocycles. The second kappa shape index (κ2) is 17.0. The Balaban J connectivity index is 2.04. The standard InChI is InChI=1S/C29H40O6/c1-5-16-31-19-26(33-22-27(20-32-17-6-2)35-23(3)18-30)21-34-29-15-11-10-14-28(29)24(4)25-12-8-7-9-13-25/h5-15,23-24,26-27,30H,1-2,16-22H2,3-4H3. The fraction of sp³-hybridized carbons (Fsp3) is 0.448. The monoisotopic (exact) mass is 484 g/mol. The van der Waals surface area contributed by atoms with E-state index < -0.39 is 0 Å². The smallest absolute Gasteiger partial charge is 0.123 e. The van der Waals surface area contributed by atoms with Crippen LogP contribution in [0.15, 0.2) is 79.9 Å². The van der Waals surface area contributed by atoms with Gasteiger partial charge in [-0.2, -0.15) is 0 Å². The summed E-state index contributed by atoms with van der Waals surface area (Å²) in [6.45, 7) is 13.4. The summed E-state index contributed by atoms with van der Waals surface area (Å²) in [5, 5.41) is 9.37. The highest BCUT2D eigenvalue weighted by Crippen LogP contribution is 2.31. The molecular formula is C29H40O6. The lowest BCUT2D eigenvalue weighted by Crippen LogP contribution is -2.36. The van der Waals surface area contributed by atoms with Crippen LogP contribution in [0.2, 0.25) is 0 Å². The first kappa shape index (κ1) is 28.8. The Morgan fingerprint density at radius 2 is 1.43 bits per heavy atom. The molecule has 0 saturated carbocycles. The maximum atomic E-state index is 9.37. The van der Waals surface area contributed by atoms with E-state index in [0.717, 1.165) is 11.3 Å². The summed E-state index contributed by atoms with van der Waals surface area (Å²) in [5.74, 6) is 1.00. The summed E-state index contributed by atoms with van der Waals surface area (Å²) < 4.78 is 29.5. The van der Waals surface area contributed by atoms with E-state index in [-0.39, 0.29) is 37.4 Å². The van der Waals surface area contributed by atoms with Crippen LogP contribution in [0, 0.1) is 0 Å². The largest absolute Gasteiger partial charge is 0.490 e. The van der Waals surface area contributed by atoms with Crippen LogP contribution in [-0.2, 0) is 18.9 Å². The number of aliphatic hydroxyl groups is 1. The zero-order chi connectivity index (χ0) is 25.3. The molecule has 4 unspecified atom stereocenters. The number of rotatable bonds is 19. The first-order valence-corrected chi connectivity index (χ1v) is 12.1. The predicted molar refractivity (Wildman–Crippen MR) is 139 cm³/mol. The predicted octanol–water partition coefficient (Wildman–Crippen LogP) is 4.77. The maximum absolute atomic E-state index is 9.37. The Bertz CT molecular complexity index is 840. The summed E-state index contributed by atoms with van der Waals surface area (Å²) >= 11 is 0. The van der Waals surface area contributed by atoms with E-state index in [4.69, 9.17) is 23.7 Å². The molecule has 0 amide bonds. The van der Waals surface area contributed by atoms with Gasteiger partial charge in [0.15, 0.2) is 0 Å². The molecule has 192 valence electrons. The topological polar surface area (TPSA) is 66.4 Å². The molecule has 6 heteroatoms. The molecule has 0 heterocycles. The van der Waals surface area contributed by atoms with Gasteiger partial charge in [0, 0.05) is 11.5 Å². The van der Waals surface area contributed by atoms with Gasteiger partial charge in [0.2, 0.25) is 0 Å². The highest BCUT2D eigenvalue weighted by Gasteiger charge is 2.20. The minimum Gasteiger partial charge on any atom is -0.490 e. The van der Waals surface area contributed by atoms with Crippen molar-refractivity contribution in [2.75, 3.05) is 46.2 Å². The Hall–Kier alpha value is -2.48. The molecule has 0 fully saturated rings. The lowest BCUT2D eigenvalue weighted by atomic mass is 9.92. The van der Waals surface area contributed by atoms with Crippen molar-refractivity contribution in [1.82, 2.24) is 0 Å². The molecule has 0 aliphatic carbocycles. The number of hydrogen-bond acceptors (Lipinski definition) is 6. The van der Waals surface area contributed by atoms with Crippen LogP contribution in [0.5, 0.6) is 5.75 Å². The van der Waals surface area contributed by atoms with Crippen molar-refractivity contribution < 1.29 is 28.8 Å². The van der Waals surface area contributed by atoms with Gasteiger partial charge >= 0.3 is 0 Å². The minimum absolute atomic E-state index is 0.0800. The van der Waals surface area contributed by atoms with Gasteiger partial charge < -0.3 is 28.8 Å². The summed E-state index contributed by atoms with van der Waals surface area (Å²) in [6.07, 6.45) is 2.39. The molecule has 0 saturated heterocycles. The molecule has 0 bridgehead atoms. The molecule has 0 spiro atoms. The van der Waals surface area contributed by atoms with Gasteiger partial charge in [-0.25, -0.2) is 0 Å². The van der Waals surface area contributed by atoms with E-state index >= 15 is 0 Å². The summed E-state index contributed by atoms with van der Waals surface area (Å²) in [5.41, 5.74) is 2.34. The van der Waals surface area contributed by atoms with Gasteiger partial charge in [-0.1, -0.05) is 67.6 Å². The van der Waals surface area contributed by atoms with E-state index in [2.05, 4.69) is 38.3 Å². The van der Waals surface area contributed by atoms with E-state index in [1.807, 2.05) is 36.4 Å². The zero-order valence-corrected chi connectivity index (χ0v) is 21.0. The lowest BCUT2D eigenvalue weighted by molar-refractivity contribution is -0.120. The van der Waals surface area contributed by atoms with Crippen molar-refractivity contribution in [3.05, 3.63) is 91.0 Å². The van der Waals surface area contributed by atoms with Gasteiger partial charge in [-0.3, -0.25) is 0 Å². The minimum atomic E-state index is -0.343. The van der Waals surface area contributed by atoms with E-state index in [0.29, 0.717) is 33.0 Å². The van der Waals surface area contributed by atoms with Crippen molar-refractivity contribution in [2.45, 2.75) is 38.1 Å². The first-order valence-electron chi connectivity index (χ1n) is 12.1. The molecule has 6 nitrogen and oxygen atoms in total. The fourth-order valence-corrected chi connectivity index (χ4v) is 3.53. The normalized spacial score (nSPS) is 14.6. The fourth-order valence-electron chi connectivity index (χ4n) is 3.53. The van der Waals surface area contributed by atoms with Crippen LogP contribution in [0.1, 0.15) is 30.9 Å². The van der Waals surface area contributed by atoms with Crippen LogP contribution < -0.4 is 4.74 Å². The van der Waals surface area contributed by atoms with Crippen molar-refractivity contribution in [3.8, 4) is 5.75 Å². The molecule has 1 N–H and O–H groups in total. The van der Waals surface area contributed by atoms with Crippen LogP contribution >= 0.6 is 0 Å². The second-order valence-electron chi connectivity index (χ2n) is 8.34. The number of aliphatic hydroxyl groups excluding tert-OH is 1. The number of ether oxygens (including phenoxy) is 5. The van der Waals surface area contributed by atoms with E-state index in [1.54, 1.807) is 19.1 Å². The Morgan fingerprint density at radius 3 is 2.09 bits per heavy atom. The van der Waals surface area contributed by atoms with Crippen LogP contribution in [0.25, 0.3) is 0 Å². The Morgan fingerprint density at radius 1 is 0.800 bits per heavy atom. The summed E-state index contributed by atoms with van der Waals surface area (Å²) in [4.78, 5) is 0. The van der Waals surface area contributed by atoms with Crippen molar-refractivity contribution in [3.63, 3.8) is 0 Å². The van der Waals surface area contributed by atoms with E-state index in [1.165, 1.54) is 5.56 Å². The summed E-state index contributed by atoms with van der Waals surface area (Å²) in [6, 6.07) is 18.4. The molecule has 35 heavy (non-hydrogen) atoms. The number of hydrogen-bond donors (Lipinski definition) is 1. The molecule has 0 radical (unpaired) electrons. The molecule has 0 aromatic heterocycles. The average molecular weight is 485 g/mol. The molecule has 0 aliphatic rings. The van der Waals surface area contributed by atoms with Crippen LogP contribution in [0.3, 0.4) is 0 Å². The van der Waals surface area contributed by atoms with E-state index in [9.17, 15) is 5.11 Å². The van der Waals surface area contributed by atoms with Gasteiger partial charge in [0.05, 0.1) is 45.7 Å². The molecule has 2 aromatic rings. The Kier molecular flexibility index (Phi) is 14.0. The van der Waals surface area contributed by atoms with Crippen LogP contribution in [-0.4, -0.2) is 69.7 Å². The number of benzene rings is 2. The third-order valence-electron chi connectivity index (χ3n) is 5.39. The third kappa shape index (κ3) is 10.8. The molecule has 4 atom stereocenters. The average Bonchev–Trinajstić information content (AvgIpc) is 2.90. The SMILES string of the molecule is C=CCOCC(COc1ccccc1C(C)c1ccccc1)OCC(COCC=C)OC(C)CO. The molecule has 2 rings (SSSR count). The zero-order valence-electron chi connectivity index (χ0n) is 21.0. The lowest BCUT2D eigenvalue weighted by Gasteiger charge is -2.25. The highest BCUT2D eigenvalue weighted by atomic mass is 16.6. The van der Waals surface area contributed by atoms with Crippen molar-refractivity contribution in [1.29, 1.82) is 0 Å². The van der Waals surface area contributed by atoms with Crippen LogP contribution in [0.4, 0.5) is 0 Å². The van der Waals surface area contributed by atoms with Crippen molar-refractivity contribution in [2.24, 2.45) is 0 Å². The molecule has 0 aliphatic heterocycles. The van der Waals surface area contributed by atoms with Gasteiger partial charge in [0.1, 0.15) is 24.6 Å². The first-order chi connectivity index (χ1) is 17.1. The Labute approximate surface area is 210 Å². The summed E-state index contributed by atoms with van der Waals surface area (Å²) in [7, 11) is 0. The highest BCUT2D eigenvalue weighted by molar-refractivity contribution is 5.41.